The molecule has 6 rings (SSSR count). The van der Waals surface area contributed by atoms with E-state index < -0.39 is 41.7 Å². The summed E-state index contributed by atoms with van der Waals surface area (Å²) in [7, 11) is 0. The maximum absolute atomic E-state index is 14.2. The highest BCUT2D eigenvalue weighted by Crippen LogP contribution is 2.65. The number of likely N-dealkylation sites (tertiary alicyclic amines) is 1. The second-order valence-corrected chi connectivity index (χ2v) is 12.7. The van der Waals surface area contributed by atoms with Crippen LogP contribution in [0, 0.1) is 34.9 Å². The van der Waals surface area contributed by atoms with E-state index in [1.54, 1.807) is 17.0 Å². The van der Waals surface area contributed by atoms with E-state index in [1.807, 2.05) is 0 Å². The van der Waals surface area contributed by atoms with Crippen LogP contribution in [0.25, 0.3) is 10.9 Å². The molecule has 2 aliphatic heterocycles. The van der Waals surface area contributed by atoms with Crippen LogP contribution in [0.15, 0.2) is 36.9 Å². The minimum Gasteiger partial charge on any atom is -0.356 e. The molecule has 11 heteroatoms. The van der Waals surface area contributed by atoms with E-state index in [1.165, 1.54) is 12.1 Å². The van der Waals surface area contributed by atoms with Crippen molar-refractivity contribution in [2.24, 2.45) is 29.1 Å². The lowest BCUT2D eigenvalue weighted by Gasteiger charge is -2.34. The molecule has 0 spiro atoms. The molecule has 2 aliphatic carbocycles. The van der Waals surface area contributed by atoms with E-state index in [0.717, 1.165) is 18.9 Å². The Morgan fingerprint density at radius 3 is 2.60 bits per heavy atom. The number of aromatic amines is 1. The fraction of sp³-hybridized carbons (Fsp3) is 0.516. The van der Waals surface area contributed by atoms with Gasteiger partial charge in [-0.2, -0.15) is 0 Å². The molecular formula is C31H36FN5O5. The molecule has 1 aromatic carbocycles. The third-order valence-electron chi connectivity index (χ3n) is 9.81. The van der Waals surface area contributed by atoms with E-state index in [9.17, 15) is 28.4 Å². The number of benzene rings is 1. The van der Waals surface area contributed by atoms with Crippen molar-refractivity contribution in [3.8, 4) is 0 Å². The van der Waals surface area contributed by atoms with Gasteiger partial charge < -0.3 is 25.8 Å². The van der Waals surface area contributed by atoms with Crippen molar-refractivity contribution in [2.75, 3.05) is 13.1 Å². The van der Waals surface area contributed by atoms with Gasteiger partial charge in [0.05, 0.1) is 6.04 Å². The summed E-state index contributed by atoms with van der Waals surface area (Å²) in [6, 6.07) is 3.39. The van der Waals surface area contributed by atoms with Gasteiger partial charge in [0.15, 0.2) is 5.78 Å². The summed E-state index contributed by atoms with van der Waals surface area (Å²) in [5.41, 5.74) is 0.469. The summed E-state index contributed by atoms with van der Waals surface area (Å²) >= 11 is 0. The van der Waals surface area contributed by atoms with Gasteiger partial charge in [-0.15, -0.1) is 0 Å². The third kappa shape index (κ3) is 4.88. The molecule has 2 saturated heterocycles. The second kappa shape index (κ2) is 10.4. The van der Waals surface area contributed by atoms with Crippen molar-refractivity contribution in [2.45, 2.75) is 57.7 Å². The van der Waals surface area contributed by atoms with Crippen molar-refractivity contribution in [1.82, 2.24) is 25.8 Å². The molecular weight excluding hydrogens is 541 g/mol. The topological polar surface area (TPSA) is 140 Å². The number of fused-ring (bicyclic) bond motifs is 2. The molecule has 1 aromatic heterocycles. The van der Waals surface area contributed by atoms with Gasteiger partial charge in [0.1, 0.15) is 23.6 Å². The molecule has 2 saturated carbocycles. The summed E-state index contributed by atoms with van der Waals surface area (Å²) in [4.78, 5) is 70.5. The fourth-order valence-electron chi connectivity index (χ4n) is 7.06. The van der Waals surface area contributed by atoms with Crippen LogP contribution in [0.4, 0.5) is 4.39 Å². The van der Waals surface area contributed by atoms with Crippen LogP contribution in [-0.2, 0) is 19.2 Å². The molecule has 3 heterocycles. The molecule has 10 nitrogen and oxygen atoms in total. The minimum atomic E-state index is -0.928. The number of halogens is 1. The zero-order chi connectivity index (χ0) is 29.9. The van der Waals surface area contributed by atoms with E-state index in [4.69, 9.17) is 0 Å². The minimum absolute atomic E-state index is 0.0628. The zero-order valence-electron chi connectivity index (χ0n) is 23.7. The number of hydrogen-bond donors (Lipinski definition) is 4. The molecule has 4 fully saturated rings. The standard InChI is InChI=1S/C31H36FN5O5/c1-4-23(38)21(12-16-10-11-33-27(16)39)35-29(41)26-24-18(31(24,2)3)14-37(26)30(42)25(15-8-9-15)36-28(40)22-13-17-19(32)6-5-7-20(17)34-22/h4-7,13,15-16,18,21,24-26,34H,1,8-12,14H2,2-3H3,(H,33,39)(H,35,41)(H,36,40)/t16-,18-,21-,24-,25-,26-/m0/s1. The maximum atomic E-state index is 14.2. The van der Waals surface area contributed by atoms with E-state index in [0.29, 0.717) is 25.0 Å². The van der Waals surface area contributed by atoms with Gasteiger partial charge in [-0.05, 0) is 73.1 Å². The Kier molecular flexibility index (Phi) is 6.93. The van der Waals surface area contributed by atoms with Crippen LogP contribution < -0.4 is 16.0 Å². The Hall–Kier alpha value is -4.02. The maximum Gasteiger partial charge on any atom is 0.268 e. The van der Waals surface area contributed by atoms with Gasteiger partial charge in [-0.1, -0.05) is 26.5 Å². The lowest BCUT2D eigenvalue weighted by atomic mass is 9.94. The molecule has 6 atom stereocenters. The molecule has 4 aliphatic rings. The third-order valence-corrected chi connectivity index (χ3v) is 9.81. The van der Waals surface area contributed by atoms with E-state index in [-0.39, 0.29) is 58.3 Å². The number of rotatable bonds is 10. The van der Waals surface area contributed by atoms with Crippen molar-refractivity contribution in [1.29, 1.82) is 0 Å². The first-order valence-corrected chi connectivity index (χ1v) is 14.6. The molecule has 0 unspecified atom stereocenters. The second-order valence-electron chi connectivity index (χ2n) is 12.7. The number of piperidine rings is 1. The van der Waals surface area contributed by atoms with Gasteiger partial charge in [0, 0.05) is 29.9 Å². The predicted octanol–water partition coefficient (Wildman–Crippen LogP) is 2.06. The van der Waals surface area contributed by atoms with Gasteiger partial charge in [-0.25, -0.2) is 4.39 Å². The summed E-state index contributed by atoms with van der Waals surface area (Å²) < 4.78 is 14.2. The fourth-order valence-corrected chi connectivity index (χ4v) is 7.06. The number of nitrogens with one attached hydrogen (secondary N) is 4. The average molecular weight is 578 g/mol. The van der Waals surface area contributed by atoms with Crippen LogP contribution >= 0.6 is 0 Å². The van der Waals surface area contributed by atoms with Crippen molar-refractivity contribution in [3.05, 3.63) is 48.4 Å². The number of ketones is 1. The summed E-state index contributed by atoms with van der Waals surface area (Å²) in [5, 5.41) is 8.74. The quantitative estimate of drug-likeness (QED) is 0.320. The highest BCUT2D eigenvalue weighted by Gasteiger charge is 2.70. The van der Waals surface area contributed by atoms with Crippen LogP contribution in [0.3, 0.4) is 0 Å². The van der Waals surface area contributed by atoms with E-state index in [2.05, 4.69) is 41.4 Å². The number of amides is 4. The first-order valence-electron chi connectivity index (χ1n) is 14.6. The molecule has 222 valence electrons. The molecule has 4 amide bonds. The number of H-pyrrole nitrogens is 1. The lowest BCUT2D eigenvalue weighted by Crippen LogP contribution is -2.58. The highest BCUT2D eigenvalue weighted by molar-refractivity contribution is 6.02. The largest absolute Gasteiger partial charge is 0.356 e. The van der Waals surface area contributed by atoms with Crippen LogP contribution in [-0.4, -0.2) is 70.5 Å². The number of aromatic nitrogens is 1. The Morgan fingerprint density at radius 2 is 1.95 bits per heavy atom. The Balaban J connectivity index is 1.21. The van der Waals surface area contributed by atoms with Gasteiger partial charge in [0.25, 0.3) is 5.91 Å². The molecule has 42 heavy (non-hydrogen) atoms. The summed E-state index contributed by atoms with van der Waals surface area (Å²) in [6.45, 7) is 8.59. The number of carbonyl (C=O) groups is 5. The molecule has 0 radical (unpaired) electrons. The van der Waals surface area contributed by atoms with Crippen LogP contribution in [0.1, 0.15) is 50.0 Å². The van der Waals surface area contributed by atoms with Crippen LogP contribution in [0.5, 0.6) is 0 Å². The average Bonchev–Trinajstić information content (AvgIpc) is 3.62. The Labute approximate surface area is 242 Å². The zero-order valence-corrected chi connectivity index (χ0v) is 23.7. The van der Waals surface area contributed by atoms with Gasteiger partial charge in [-0.3, -0.25) is 24.0 Å². The van der Waals surface area contributed by atoms with Gasteiger partial charge in [0.2, 0.25) is 17.7 Å². The highest BCUT2D eigenvalue weighted by atomic mass is 19.1. The summed E-state index contributed by atoms with van der Waals surface area (Å²) in [6.07, 6.45) is 3.41. The predicted molar refractivity (Wildman–Crippen MR) is 151 cm³/mol. The lowest BCUT2D eigenvalue weighted by molar-refractivity contribution is -0.142. The van der Waals surface area contributed by atoms with Crippen molar-refractivity contribution >= 4 is 40.3 Å². The van der Waals surface area contributed by atoms with Crippen molar-refractivity contribution < 1.29 is 28.4 Å². The van der Waals surface area contributed by atoms with Crippen molar-refractivity contribution in [3.63, 3.8) is 0 Å². The number of hydrogen-bond acceptors (Lipinski definition) is 5. The van der Waals surface area contributed by atoms with Gasteiger partial charge >= 0.3 is 0 Å². The SMILES string of the molecule is C=CC(=O)[C@H](C[C@@H]1CCNC1=O)NC(=O)[C@@H]1[C@@H]2[C@H](CN1C(=O)[C@@H](NC(=O)c1cc3c(F)cccc3[nH]1)C1CC1)C2(C)C. The Bertz CT molecular complexity index is 1500. The smallest absolute Gasteiger partial charge is 0.268 e. The first kappa shape index (κ1) is 28.1. The molecule has 4 N–H and O–H groups in total. The number of nitrogens with zero attached hydrogens (tertiary/aromatic N) is 1. The van der Waals surface area contributed by atoms with Crippen LogP contribution in [0.2, 0.25) is 0 Å². The first-order chi connectivity index (χ1) is 20.0. The Morgan fingerprint density at radius 1 is 1.19 bits per heavy atom. The normalized spacial score (nSPS) is 27.1. The molecule has 0 bridgehead atoms. The molecule has 2 aromatic rings. The summed E-state index contributed by atoms with van der Waals surface area (Å²) in [5.74, 6) is -2.71. The van der Waals surface area contributed by atoms with E-state index >= 15 is 0 Å². The monoisotopic (exact) mass is 577 g/mol. The number of carbonyl (C=O) groups excluding carboxylic acids is 5.